The second-order valence-electron chi connectivity index (χ2n) is 11.2. The fraction of sp³-hybridized carbons (Fsp3) is 0.567. The lowest BCUT2D eigenvalue weighted by molar-refractivity contribution is -0.161. The van der Waals surface area contributed by atoms with Crippen molar-refractivity contribution in [3.8, 4) is 11.1 Å². The highest BCUT2D eigenvalue weighted by molar-refractivity contribution is 6.04. The van der Waals surface area contributed by atoms with Gasteiger partial charge in [-0.25, -0.2) is 0 Å². The number of hydrogen-bond acceptors (Lipinski definition) is 6. The Hall–Kier alpha value is -2.57. The van der Waals surface area contributed by atoms with Crippen LogP contribution in [0.2, 0.25) is 0 Å². The van der Waals surface area contributed by atoms with Gasteiger partial charge < -0.3 is 9.47 Å². The fourth-order valence-corrected chi connectivity index (χ4v) is 5.47. The van der Waals surface area contributed by atoms with E-state index < -0.39 is 17.0 Å². The third kappa shape index (κ3) is 6.40. The first kappa shape index (κ1) is 28.0. The molecule has 0 aliphatic carbocycles. The van der Waals surface area contributed by atoms with Crippen LogP contribution in [0.25, 0.3) is 11.1 Å². The van der Waals surface area contributed by atoms with Gasteiger partial charge in [-0.05, 0) is 75.8 Å². The molecular weight excluding hydrogens is 452 g/mol. The number of ether oxygens (including phenoxy) is 2. The molecule has 1 aromatic carbocycles. The highest BCUT2D eigenvalue weighted by Gasteiger charge is 2.44. The smallest absolute Gasteiger partial charge is 0.319 e. The number of pyridine rings is 1. The molecule has 1 aliphatic rings. The van der Waals surface area contributed by atoms with Crippen LogP contribution in [-0.2, 0) is 19.1 Å². The molecule has 1 aromatic heterocycles. The number of nitrogens with zero attached hydrogens (tertiary/aromatic N) is 2. The van der Waals surface area contributed by atoms with Crippen LogP contribution in [0.15, 0.2) is 48.8 Å². The molecule has 3 rings (SSSR count). The van der Waals surface area contributed by atoms with E-state index in [2.05, 4.69) is 55.0 Å². The Bertz CT molecular complexity index is 1020. The van der Waals surface area contributed by atoms with Crippen molar-refractivity contribution in [2.24, 2.45) is 17.3 Å². The average molecular weight is 495 g/mol. The number of rotatable bonds is 4. The van der Waals surface area contributed by atoms with Gasteiger partial charge in [0.2, 0.25) is 0 Å². The normalized spacial score (nSPS) is 28.5. The summed E-state index contributed by atoms with van der Waals surface area (Å²) in [6.45, 7) is 10.7. The van der Waals surface area contributed by atoms with E-state index in [9.17, 15) is 9.59 Å². The topological polar surface area (TPSA) is 68.7 Å². The van der Waals surface area contributed by atoms with E-state index >= 15 is 0 Å². The molecule has 1 fully saturated rings. The van der Waals surface area contributed by atoms with Crippen LogP contribution in [0.5, 0.6) is 0 Å². The molecule has 6 heteroatoms. The van der Waals surface area contributed by atoms with Crippen molar-refractivity contribution < 1.29 is 19.1 Å². The number of likely N-dealkylation sites (N-methyl/N-ethyl adjacent to an activating group) is 1. The molecule has 0 bridgehead atoms. The lowest BCUT2D eigenvalue weighted by Crippen LogP contribution is -2.42. The molecule has 0 radical (unpaired) electrons. The van der Waals surface area contributed by atoms with Gasteiger partial charge in [-0.3, -0.25) is 19.5 Å². The predicted octanol–water partition coefficient (Wildman–Crippen LogP) is 5.72. The van der Waals surface area contributed by atoms with Crippen LogP contribution in [0, 0.1) is 17.3 Å². The summed E-state index contributed by atoms with van der Waals surface area (Å²) in [7, 11) is 3.79. The minimum absolute atomic E-state index is 0.0732. The Morgan fingerprint density at radius 3 is 2.36 bits per heavy atom. The van der Waals surface area contributed by atoms with Crippen molar-refractivity contribution in [2.75, 3.05) is 27.3 Å². The largest absolute Gasteiger partial charge is 0.463 e. The molecule has 1 saturated heterocycles. The van der Waals surface area contributed by atoms with Crippen LogP contribution in [0.1, 0.15) is 65.5 Å². The van der Waals surface area contributed by atoms with Crippen molar-refractivity contribution in [1.29, 1.82) is 0 Å². The number of methoxy groups -OCH3 is 1. The average Bonchev–Trinajstić information content (AvgIpc) is 2.87. The van der Waals surface area contributed by atoms with Crippen LogP contribution in [-0.4, -0.2) is 54.5 Å². The minimum atomic E-state index is -1.22. The Morgan fingerprint density at radius 1 is 1.08 bits per heavy atom. The molecule has 196 valence electrons. The monoisotopic (exact) mass is 494 g/mol. The SMILES string of the molecule is CCC1C[C@](C)(OC)CC(C)CN(C)[C@H](c2ccc(-c3cccnc3)cc2)COC(=O)C(C)(C)C1=O. The second kappa shape index (κ2) is 11.7. The molecular formula is C30H42N2O4. The third-order valence-electron chi connectivity index (χ3n) is 7.74. The summed E-state index contributed by atoms with van der Waals surface area (Å²) in [5.74, 6) is -0.494. The summed E-state index contributed by atoms with van der Waals surface area (Å²) in [6.07, 6.45) is 5.68. The number of cyclic esters (lactones) is 1. The molecule has 0 N–H and O–H groups in total. The quantitative estimate of drug-likeness (QED) is 0.400. The molecule has 2 heterocycles. The molecule has 1 aliphatic heterocycles. The number of ketones is 1. The summed E-state index contributed by atoms with van der Waals surface area (Å²) in [5.41, 5.74) is 1.52. The van der Waals surface area contributed by atoms with Crippen molar-refractivity contribution in [1.82, 2.24) is 9.88 Å². The zero-order valence-electron chi connectivity index (χ0n) is 22.9. The zero-order chi connectivity index (χ0) is 26.5. The maximum atomic E-state index is 13.5. The van der Waals surface area contributed by atoms with E-state index in [4.69, 9.17) is 9.47 Å². The van der Waals surface area contributed by atoms with Crippen LogP contribution >= 0.6 is 0 Å². The lowest BCUT2D eigenvalue weighted by atomic mass is 9.74. The first-order valence-electron chi connectivity index (χ1n) is 13.0. The van der Waals surface area contributed by atoms with Gasteiger partial charge in [0.1, 0.15) is 12.0 Å². The van der Waals surface area contributed by atoms with Crippen molar-refractivity contribution in [2.45, 2.75) is 65.5 Å². The van der Waals surface area contributed by atoms with E-state index in [1.807, 2.05) is 25.3 Å². The number of Topliss-reactive ketones (excluding diaryl/α,β-unsaturated/α-hetero) is 1. The van der Waals surface area contributed by atoms with Gasteiger partial charge >= 0.3 is 5.97 Å². The van der Waals surface area contributed by atoms with Crippen LogP contribution in [0.4, 0.5) is 0 Å². The molecule has 36 heavy (non-hydrogen) atoms. The molecule has 4 atom stereocenters. The van der Waals surface area contributed by atoms with Crippen molar-refractivity contribution in [3.05, 3.63) is 54.4 Å². The number of aromatic nitrogens is 1. The first-order chi connectivity index (χ1) is 17.0. The van der Waals surface area contributed by atoms with Gasteiger partial charge in [0, 0.05) is 32.0 Å². The van der Waals surface area contributed by atoms with Crippen LogP contribution in [0.3, 0.4) is 0 Å². The minimum Gasteiger partial charge on any atom is -0.463 e. The maximum absolute atomic E-state index is 13.5. The number of hydrogen-bond donors (Lipinski definition) is 0. The number of benzene rings is 1. The standard InChI is InChI=1S/C30H42N2O4/c1-8-22-17-30(5,35-7)16-21(2)19-32(6)26(20-36-28(34)29(3,4)27(22)33)24-13-11-23(12-14-24)25-10-9-15-31-18-25/h9-15,18,21-22,26H,8,16-17,19-20H2,1-7H3/t21?,22?,26-,30+/m0/s1. The number of esters is 1. The Balaban J connectivity index is 1.94. The van der Waals surface area contributed by atoms with Gasteiger partial charge in [-0.1, -0.05) is 44.2 Å². The van der Waals surface area contributed by atoms with Gasteiger partial charge in [-0.2, -0.15) is 0 Å². The fourth-order valence-electron chi connectivity index (χ4n) is 5.47. The lowest BCUT2D eigenvalue weighted by Gasteiger charge is -2.36. The number of carbonyl (C=O) groups excluding carboxylic acids is 2. The van der Waals surface area contributed by atoms with Crippen molar-refractivity contribution >= 4 is 11.8 Å². The second-order valence-corrected chi connectivity index (χ2v) is 11.2. The molecule has 2 aromatic rings. The summed E-state index contributed by atoms with van der Waals surface area (Å²) in [4.78, 5) is 33.2. The highest BCUT2D eigenvalue weighted by atomic mass is 16.5. The summed E-state index contributed by atoms with van der Waals surface area (Å²) < 4.78 is 11.8. The Kier molecular flexibility index (Phi) is 9.07. The van der Waals surface area contributed by atoms with Crippen LogP contribution < -0.4 is 0 Å². The summed E-state index contributed by atoms with van der Waals surface area (Å²) in [6, 6.07) is 12.1. The van der Waals surface area contributed by atoms with Crippen molar-refractivity contribution in [3.63, 3.8) is 0 Å². The molecule has 0 spiro atoms. The zero-order valence-corrected chi connectivity index (χ0v) is 22.9. The molecule has 6 nitrogen and oxygen atoms in total. The van der Waals surface area contributed by atoms with E-state index in [0.717, 1.165) is 29.7 Å². The van der Waals surface area contributed by atoms with E-state index in [0.29, 0.717) is 18.8 Å². The third-order valence-corrected chi connectivity index (χ3v) is 7.74. The van der Waals surface area contributed by atoms with Gasteiger partial charge in [0.15, 0.2) is 5.78 Å². The predicted molar refractivity (Wildman–Crippen MR) is 142 cm³/mol. The molecule has 2 unspecified atom stereocenters. The Labute approximate surface area is 216 Å². The van der Waals surface area contributed by atoms with E-state index in [1.54, 1.807) is 27.2 Å². The van der Waals surface area contributed by atoms with Gasteiger partial charge in [0.05, 0.1) is 11.6 Å². The Morgan fingerprint density at radius 2 is 1.78 bits per heavy atom. The molecule has 0 saturated carbocycles. The molecule has 0 amide bonds. The van der Waals surface area contributed by atoms with Gasteiger partial charge in [-0.15, -0.1) is 0 Å². The summed E-state index contributed by atoms with van der Waals surface area (Å²) in [5, 5.41) is 0. The maximum Gasteiger partial charge on any atom is 0.319 e. The highest BCUT2D eigenvalue weighted by Crippen LogP contribution is 2.36. The van der Waals surface area contributed by atoms with E-state index in [1.165, 1.54) is 0 Å². The number of carbonyl (C=O) groups is 2. The van der Waals surface area contributed by atoms with Gasteiger partial charge in [0.25, 0.3) is 0 Å². The first-order valence-corrected chi connectivity index (χ1v) is 13.0. The van der Waals surface area contributed by atoms with E-state index in [-0.39, 0.29) is 24.3 Å². The summed E-state index contributed by atoms with van der Waals surface area (Å²) >= 11 is 0.